The Morgan fingerprint density at radius 2 is 1.92 bits per heavy atom. The highest BCUT2D eigenvalue weighted by molar-refractivity contribution is 5.05. The van der Waals surface area contributed by atoms with Crippen LogP contribution in [0.1, 0.15) is 32.6 Å². The molecule has 78 valence electrons. The van der Waals surface area contributed by atoms with Gasteiger partial charge in [-0.3, -0.25) is 0 Å². The summed E-state index contributed by atoms with van der Waals surface area (Å²) in [6.07, 6.45) is -1.12. The van der Waals surface area contributed by atoms with Crippen LogP contribution in [0, 0.1) is 0 Å². The molecule has 0 aromatic carbocycles. The molecule has 0 heterocycles. The molecule has 0 aliphatic heterocycles. The second-order valence-corrected chi connectivity index (χ2v) is 2.83. The maximum absolute atomic E-state index is 12.2. The summed E-state index contributed by atoms with van der Waals surface area (Å²) in [6.45, 7) is 1.95. The molecule has 0 amide bonds. The van der Waals surface area contributed by atoms with E-state index in [0.29, 0.717) is 6.42 Å². The zero-order valence-electron chi connectivity index (χ0n) is 7.95. The van der Waals surface area contributed by atoms with Gasteiger partial charge in [0.25, 0.3) is 0 Å². The van der Waals surface area contributed by atoms with Gasteiger partial charge in [0, 0.05) is 0 Å². The van der Waals surface area contributed by atoms with Crippen molar-refractivity contribution in [3.05, 3.63) is 11.8 Å². The maximum Gasteiger partial charge on any atom is 0.415 e. The number of methoxy groups -OCH3 is 1. The first-order valence-electron chi connectivity index (χ1n) is 4.31. The molecule has 0 atom stereocenters. The van der Waals surface area contributed by atoms with Crippen LogP contribution in [0.5, 0.6) is 0 Å². The van der Waals surface area contributed by atoms with Gasteiger partial charge in [0.15, 0.2) is 0 Å². The molecule has 0 bridgehead atoms. The first-order valence-corrected chi connectivity index (χ1v) is 4.31. The molecule has 4 heteroatoms. The van der Waals surface area contributed by atoms with Crippen LogP contribution in [0.3, 0.4) is 0 Å². The Bertz CT molecular complexity index is 161. The molecule has 0 rings (SSSR count). The van der Waals surface area contributed by atoms with Gasteiger partial charge >= 0.3 is 6.18 Å². The molecule has 0 saturated heterocycles. The van der Waals surface area contributed by atoms with Gasteiger partial charge in [0.1, 0.15) is 0 Å². The smallest absolute Gasteiger partial charge is 0.415 e. The fourth-order valence-corrected chi connectivity index (χ4v) is 0.975. The third-order valence-corrected chi connectivity index (χ3v) is 1.67. The monoisotopic (exact) mass is 196 g/mol. The Morgan fingerprint density at radius 1 is 1.31 bits per heavy atom. The van der Waals surface area contributed by atoms with Crippen LogP contribution in [-0.2, 0) is 4.74 Å². The fourth-order valence-electron chi connectivity index (χ4n) is 0.975. The standard InChI is InChI=1S/C9H15F3O/c1-3-4-5-6-8(7-13-2)9(10,11)12/h7H,3-6H2,1-2H3. The molecule has 0 radical (unpaired) electrons. The number of halogens is 3. The number of alkyl halides is 3. The SMILES string of the molecule is CCCCCC(=COC)C(F)(F)F. The minimum absolute atomic E-state index is 0.0468. The Kier molecular flexibility index (Phi) is 5.58. The van der Waals surface area contributed by atoms with Gasteiger partial charge in [0.2, 0.25) is 0 Å². The molecular weight excluding hydrogens is 181 g/mol. The third-order valence-electron chi connectivity index (χ3n) is 1.67. The van der Waals surface area contributed by atoms with Crippen LogP contribution in [-0.4, -0.2) is 13.3 Å². The number of unbranched alkanes of at least 4 members (excludes halogenated alkanes) is 2. The van der Waals surface area contributed by atoms with Crippen molar-refractivity contribution in [2.24, 2.45) is 0 Å². The quantitative estimate of drug-likeness (QED) is 0.481. The van der Waals surface area contributed by atoms with Gasteiger partial charge in [-0.1, -0.05) is 19.8 Å². The Morgan fingerprint density at radius 3 is 2.31 bits per heavy atom. The van der Waals surface area contributed by atoms with Crippen molar-refractivity contribution in [1.82, 2.24) is 0 Å². The molecule has 0 aromatic heterocycles. The lowest BCUT2D eigenvalue weighted by atomic mass is 10.1. The van der Waals surface area contributed by atoms with E-state index in [1.807, 2.05) is 6.92 Å². The number of hydrogen-bond donors (Lipinski definition) is 0. The number of rotatable bonds is 5. The molecule has 0 unspecified atom stereocenters. The summed E-state index contributed by atoms with van der Waals surface area (Å²) in [6, 6.07) is 0. The highest BCUT2D eigenvalue weighted by atomic mass is 19.4. The lowest BCUT2D eigenvalue weighted by molar-refractivity contribution is -0.0961. The van der Waals surface area contributed by atoms with E-state index < -0.39 is 11.7 Å². The van der Waals surface area contributed by atoms with Gasteiger partial charge in [-0.15, -0.1) is 0 Å². The van der Waals surface area contributed by atoms with Crippen LogP contribution in [0.25, 0.3) is 0 Å². The van der Waals surface area contributed by atoms with E-state index in [0.717, 1.165) is 19.1 Å². The van der Waals surface area contributed by atoms with Crippen LogP contribution in [0.15, 0.2) is 11.8 Å². The normalized spacial score (nSPS) is 13.2. The van der Waals surface area contributed by atoms with Crippen molar-refractivity contribution in [3.8, 4) is 0 Å². The van der Waals surface area contributed by atoms with Crippen LogP contribution < -0.4 is 0 Å². The minimum Gasteiger partial charge on any atom is -0.504 e. The Hall–Kier alpha value is -0.670. The summed E-state index contributed by atoms with van der Waals surface area (Å²) < 4.78 is 40.9. The highest BCUT2D eigenvalue weighted by Gasteiger charge is 2.33. The van der Waals surface area contributed by atoms with Crippen molar-refractivity contribution in [2.45, 2.75) is 38.8 Å². The molecule has 0 aliphatic carbocycles. The largest absolute Gasteiger partial charge is 0.504 e. The predicted octanol–water partition coefficient (Wildman–Crippen LogP) is 3.66. The molecule has 1 nitrogen and oxygen atoms in total. The molecule has 0 aliphatic rings. The molecule has 13 heavy (non-hydrogen) atoms. The Balaban J connectivity index is 4.05. The molecule has 0 fully saturated rings. The van der Waals surface area contributed by atoms with Crippen LogP contribution in [0.2, 0.25) is 0 Å². The van der Waals surface area contributed by atoms with E-state index in [4.69, 9.17) is 0 Å². The van der Waals surface area contributed by atoms with E-state index in [9.17, 15) is 13.2 Å². The van der Waals surface area contributed by atoms with E-state index in [2.05, 4.69) is 4.74 Å². The molecule has 0 N–H and O–H groups in total. The molecular formula is C9H15F3O. The number of allylic oxidation sites excluding steroid dienone is 1. The van der Waals surface area contributed by atoms with Crippen molar-refractivity contribution < 1.29 is 17.9 Å². The zero-order chi connectivity index (χ0) is 10.3. The molecule has 0 aromatic rings. The van der Waals surface area contributed by atoms with Crippen LogP contribution >= 0.6 is 0 Å². The lowest BCUT2D eigenvalue weighted by Gasteiger charge is -2.10. The van der Waals surface area contributed by atoms with Crippen molar-refractivity contribution in [3.63, 3.8) is 0 Å². The fraction of sp³-hybridized carbons (Fsp3) is 0.778. The van der Waals surface area contributed by atoms with Crippen molar-refractivity contribution in [2.75, 3.05) is 7.11 Å². The zero-order valence-corrected chi connectivity index (χ0v) is 7.95. The second-order valence-electron chi connectivity index (χ2n) is 2.83. The lowest BCUT2D eigenvalue weighted by Crippen LogP contribution is -2.12. The van der Waals surface area contributed by atoms with E-state index >= 15 is 0 Å². The maximum atomic E-state index is 12.2. The molecule has 0 spiro atoms. The van der Waals surface area contributed by atoms with Gasteiger partial charge in [-0.25, -0.2) is 0 Å². The van der Waals surface area contributed by atoms with E-state index in [-0.39, 0.29) is 6.42 Å². The van der Waals surface area contributed by atoms with Gasteiger partial charge in [-0.2, -0.15) is 13.2 Å². The summed E-state index contributed by atoms with van der Waals surface area (Å²) in [5.41, 5.74) is -0.580. The number of hydrogen-bond acceptors (Lipinski definition) is 1. The van der Waals surface area contributed by atoms with E-state index in [1.165, 1.54) is 7.11 Å². The first-order chi connectivity index (χ1) is 6.02. The summed E-state index contributed by atoms with van der Waals surface area (Å²) in [5.74, 6) is 0. The average molecular weight is 196 g/mol. The van der Waals surface area contributed by atoms with Crippen LogP contribution in [0.4, 0.5) is 13.2 Å². The first kappa shape index (κ1) is 12.3. The average Bonchev–Trinajstić information content (AvgIpc) is 2.01. The minimum atomic E-state index is -4.25. The van der Waals surface area contributed by atoms with Gasteiger partial charge in [-0.05, 0) is 12.8 Å². The summed E-state index contributed by atoms with van der Waals surface area (Å²) >= 11 is 0. The highest BCUT2D eigenvalue weighted by Crippen LogP contribution is 2.29. The van der Waals surface area contributed by atoms with Crippen molar-refractivity contribution in [1.29, 1.82) is 0 Å². The summed E-state index contributed by atoms with van der Waals surface area (Å²) in [4.78, 5) is 0. The Labute approximate surface area is 76.6 Å². The molecule has 0 saturated carbocycles. The van der Waals surface area contributed by atoms with Crippen molar-refractivity contribution >= 4 is 0 Å². The summed E-state index contributed by atoms with van der Waals surface area (Å²) in [7, 11) is 1.23. The second kappa shape index (κ2) is 5.89. The van der Waals surface area contributed by atoms with Gasteiger partial charge < -0.3 is 4.74 Å². The topological polar surface area (TPSA) is 9.23 Å². The summed E-state index contributed by atoms with van der Waals surface area (Å²) in [5, 5.41) is 0. The van der Waals surface area contributed by atoms with E-state index in [1.54, 1.807) is 0 Å². The third kappa shape index (κ3) is 5.55. The van der Waals surface area contributed by atoms with Gasteiger partial charge in [0.05, 0.1) is 18.9 Å². The predicted molar refractivity (Wildman–Crippen MR) is 45.3 cm³/mol. The number of ether oxygens (including phenoxy) is 1.